The van der Waals surface area contributed by atoms with Gasteiger partial charge in [0.25, 0.3) is 0 Å². The number of aliphatic imine (C=N–C) groups is 1. The number of halogens is 1. The van der Waals surface area contributed by atoms with Gasteiger partial charge in [-0.15, -0.1) is 24.0 Å². The Morgan fingerprint density at radius 2 is 1.66 bits per heavy atom. The highest BCUT2D eigenvalue weighted by molar-refractivity contribution is 14.0. The molecule has 2 rings (SSSR count). The second-order valence-electron chi connectivity index (χ2n) is 6.74. The van der Waals surface area contributed by atoms with Crippen molar-refractivity contribution in [2.24, 2.45) is 4.99 Å². The van der Waals surface area contributed by atoms with E-state index in [1.165, 1.54) is 11.3 Å². The summed E-state index contributed by atoms with van der Waals surface area (Å²) >= 11 is 0. The number of unbranched alkanes of at least 4 members (excludes halogenated alkanes) is 1. The van der Waals surface area contributed by atoms with Crippen LogP contribution >= 0.6 is 24.0 Å². The van der Waals surface area contributed by atoms with Crippen molar-refractivity contribution in [3.63, 3.8) is 0 Å². The number of hydrogen-bond donors (Lipinski definition) is 2. The second-order valence-corrected chi connectivity index (χ2v) is 6.74. The van der Waals surface area contributed by atoms with Gasteiger partial charge in [-0.05, 0) is 31.0 Å². The highest BCUT2D eigenvalue weighted by Crippen LogP contribution is 2.17. The zero-order valence-corrected chi connectivity index (χ0v) is 20.2. The molecule has 0 aliphatic carbocycles. The van der Waals surface area contributed by atoms with E-state index in [1.807, 2.05) is 0 Å². The summed E-state index contributed by atoms with van der Waals surface area (Å²) in [7, 11) is 0. The molecule has 0 atom stereocenters. The number of anilines is 1. The molecular weight excluding hydrogens is 479 g/mol. The number of nitrogens with zero attached hydrogens (tertiary/aromatic N) is 2. The smallest absolute Gasteiger partial charge is 0.191 e. The molecule has 0 spiro atoms. The Bertz CT molecular complexity index is 585. The van der Waals surface area contributed by atoms with Crippen LogP contribution in [0.5, 0.6) is 0 Å². The lowest BCUT2D eigenvalue weighted by Crippen LogP contribution is -2.39. The topological polar surface area (TPSA) is 58.1 Å². The minimum atomic E-state index is 0. The maximum absolute atomic E-state index is 5.59. The normalized spacial score (nSPS) is 13.4. The maximum atomic E-state index is 5.59. The minimum absolute atomic E-state index is 0. The van der Waals surface area contributed by atoms with Crippen molar-refractivity contribution in [1.82, 2.24) is 10.6 Å². The molecule has 1 aromatic carbocycles. The lowest BCUT2D eigenvalue weighted by atomic mass is 10.2. The third-order valence-electron chi connectivity index (χ3n) is 4.44. The van der Waals surface area contributed by atoms with Gasteiger partial charge in [-0.1, -0.05) is 37.6 Å². The van der Waals surface area contributed by atoms with Gasteiger partial charge in [-0.3, -0.25) is 0 Å². The van der Waals surface area contributed by atoms with Crippen LogP contribution < -0.4 is 15.5 Å². The van der Waals surface area contributed by atoms with E-state index in [9.17, 15) is 0 Å². The largest absolute Gasteiger partial charge is 0.379 e. The van der Waals surface area contributed by atoms with Crippen LogP contribution in [0.1, 0.15) is 32.3 Å². The van der Waals surface area contributed by atoms with Gasteiger partial charge < -0.3 is 25.0 Å². The van der Waals surface area contributed by atoms with Gasteiger partial charge in [0.05, 0.1) is 26.4 Å². The molecule has 0 amide bonds. The van der Waals surface area contributed by atoms with Gasteiger partial charge in [0.1, 0.15) is 0 Å². The predicted molar refractivity (Wildman–Crippen MR) is 133 cm³/mol. The van der Waals surface area contributed by atoms with E-state index in [4.69, 9.17) is 9.47 Å². The number of ether oxygens (including phenoxy) is 2. The summed E-state index contributed by atoms with van der Waals surface area (Å²) < 4.78 is 11.1. The predicted octanol–water partition coefficient (Wildman–Crippen LogP) is 3.57. The Hall–Kier alpha value is -1.32. The fourth-order valence-electron chi connectivity index (χ4n) is 2.82. The van der Waals surface area contributed by atoms with Crippen LogP contribution in [0.3, 0.4) is 0 Å². The molecule has 0 saturated heterocycles. The number of rotatable bonds is 13. The van der Waals surface area contributed by atoms with Crippen molar-refractivity contribution < 1.29 is 9.47 Å². The zero-order valence-electron chi connectivity index (χ0n) is 17.9. The van der Waals surface area contributed by atoms with Crippen LogP contribution in [0.4, 0.5) is 5.69 Å². The Morgan fingerprint density at radius 3 is 2.31 bits per heavy atom. The molecular formula is C22H37IN4O2. The Morgan fingerprint density at radius 1 is 0.966 bits per heavy atom. The van der Waals surface area contributed by atoms with Gasteiger partial charge in [-0.2, -0.15) is 0 Å². The number of benzene rings is 1. The molecule has 29 heavy (non-hydrogen) atoms. The molecule has 0 bridgehead atoms. The first-order valence-electron chi connectivity index (χ1n) is 10.5. The molecule has 1 aliphatic heterocycles. The molecule has 7 heteroatoms. The highest BCUT2D eigenvalue weighted by Gasteiger charge is 2.07. The average Bonchev–Trinajstić information content (AvgIpc) is 3.26. The van der Waals surface area contributed by atoms with E-state index in [0.29, 0.717) is 26.4 Å². The van der Waals surface area contributed by atoms with Crippen molar-refractivity contribution in [1.29, 1.82) is 0 Å². The second kappa shape index (κ2) is 16.5. The van der Waals surface area contributed by atoms with Gasteiger partial charge >= 0.3 is 0 Å². The van der Waals surface area contributed by atoms with Crippen molar-refractivity contribution in [3.05, 3.63) is 42.0 Å². The minimum Gasteiger partial charge on any atom is -0.379 e. The summed E-state index contributed by atoms with van der Waals surface area (Å²) in [6.45, 7) is 11.2. The van der Waals surface area contributed by atoms with Crippen LogP contribution in [0.2, 0.25) is 0 Å². The first-order valence-corrected chi connectivity index (χ1v) is 10.5. The van der Waals surface area contributed by atoms with Crippen LogP contribution in [0.15, 0.2) is 41.4 Å². The van der Waals surface area contributed by atoms with Gasteiger partial charge in [0.15, 0.2) is 5.96 Å². The van der Waals surface area contributed by atoms with Crippen LogP contribution in [0.25, 0.3) is 0 Å². The summed E-state index contributed by atoms with van der Waals surface area (Å²) in [5, 5.41) is 6.59. The number of hydrogen-bond acceptors (Lipinski definition) is 4. The van der Waals surface area contributed by atoms with Crippen LogP contribution in [0, 0.1) is 0 Å². The summed E-state index contributed by atoms with van der Waals surface area (Å²) in [5.74, 6) is 0.818. The number of guanidine groups is 1. The fraction of sp³-hybridized carbons (Fsp3) is 0.591. The highest BCUT2D eigenvalue weighted by atomic mass is 127. The Kier molecular flexibility index (Phi) is 14.6. The molecule has 1 heterocycles. The lowest BCUT2D eigenvalue weighted by molar-refractivity contribution is 0.0487. The molecule has 2 N–H and O–H groups in total. The molecule has 0 aromatic heterocycles. The maximum Gasteiger partial charge on any atom is 0.191 e. The van der Waals surface area contributed by atoms with E-state index in [-0.39, 0.29) is 24.0 Å². The van der Waals surface area contributed by atoms with Gasteiger partial charge in [0.2, 0.25) is 0 Å². The van der Waals surface area contributed by atoms with Crippen molar-refractivity contribution in [3.8, 4) is 0 Å². The Labute approximate surface area is 193 Å². The van der Waals surface area contributed by atoms with Crippen molar-refractivity contribution in [2.75, 3.05) is 57.5 Å². The van der Waals surface area contributed by atoms with Crippen LogP contribution in [-0.2, 0) is 16.0 Å². The van der Waals surface area contributed by atoms with E-state index in [2.05, 4.69) is 70.8 Å². The van der Waals surface area contributed by atoms with E-state index in [0.717, 1.165) is 51.6 Å². The molecule has 0 saturated carbocycles. The standard InChI is InChI=1S/C22H36N4O2.HI/c1-3-5-15-27-17-18-28-16-12-24-22(23-4-2)25-19-20-8-10-21(11-9-20)26-13-6-7-14-26;/h6-11H,3-5,12-19H2,1-2H3,(H2,23,24,25);1H. The SMILES string of the molecule is CCCCOCCOCCNC(=NCc1ccc(N2CC=CC2)cc1)NCC.I. The van der Waals surface area contributed by atoms with E-state index >= 15 is 0 Å². The summed E-state index contributed by atoms with van der Waals surface area (Å²) in [5.41, 5.74) is 2.46. The molecule has 0 fully saturated rings. The van der Waals surface area contributed by atoms with Crippen LogP contribution in [-0.4, -0.2) is 58.6 Å². The first-order chi connectivity index (χ1) is 13.8. The third kappa shape index (κ3) is 10.9. The fourth-order valence-corrected chi connectivity index (χ4v) is 2.82. The Balaban J connectivity index is 0.00000420. The third-order valence-corrected chi connectivity index (χ3v) is 4.44. The van der Waals surface area contributed by atoms with E-state index < -0.39 is 0 Å². The van der Waals surface area contributed by atoms with Crippen molar-refractivity contribution in [2.45, 2.75) is 33.2 Å². The van der Waals surface area contributed by atoms with Crippen molar-refractivity contribution >= 4 is 35.6 Å². The van der Waals surface area contributed by atoms with Gasteiger partial charge in [0, 0.05) is 38.5 Å². The molecule has 1 aliphatic rings. The first kappa shape index (κ1) is 25.7. The molecule has 164 valence electrons. The van der Waals surface area contributed by atoms with E-state index in [1.54, 1.807) is 0 Å². The lowest BCUT2D eigenvalue weighted by Gasteiger charge is -2.17. The monoisotopic (exact) mass is 516 g/mol. The summed E-state index contributed by atoms with van der Waals surface area (Å²) in [6, 6.07) is 8.66. The summed E-state index contributed by atoms with van der Waals surface area (Å²) in [4.78, 5) is 7.01. The van der Waals surface area contributed by atoms with Gasteiger partial charge in [-0.25, -0.2) is 4.99 Å². The molecule has 0 radical (unpaired) electrons. The number of nitrogens with one attached hydrogen (secondary N) is 2. The molecule has 1 aromatic rings. The summed E-state index contributed by atoms with van der Waals surface area (Å²) in [6.07, 6.45) is 6.69. The molecule has 0 unspecified atom stereocenters. The molecule has 6 nitrogen and oxygen atoms in total. The average molecular weight is 516 g/mol. The quantitative estimate of drug-likeness (QED) is 0.138. The zero-order chi connectivity index (χ0) is 19.9.